The van der Waals surface area contributed by atoms with Crippen molar-refractivity contribution in [3.8, 4) is 0 Å². The molecule has 0 saturated heterocycles. The van der Waals surface area contributed by atoms with Gasteiger partial charge in [0.05, 0.1) is 0 Å². The van der Waals surface area contributed by atoms with Crippen LogP contribution in [0.1, 0.15) is 17.9 Å². The first kappa shape index (κ1) is 11.3. The maximum absolute atomic E-state index is 11.3. The molecule has 0 spiro atoms. The lowest BCUT2D eigenvalue weighted by atomic mass is 10.1. The Balaban J connectivity index is 1.71. The number of nitrogens with two attached hydrogens (primary N) is 1. The molecule has 2 aromatic rings. The first-order chi connectivity index (χ1) is 8.72. The van der Waals surface area contributed by atoms with Gasteiger partial charge in [0.15, 0.2) is 5.16 Å². The third kappa shape index (κ3) is 2.41. The van der Waals surface area contributed by atoms with E-state index in [9.17, 15) is 4.79 Å². The average molecular weight is 259 g/mol. The fourth-order valence-electron chi connectivity index (χ4n) is 2.01. The number of nitrogens with zero attached hydrogens (tertiary/aromatic N) is 1. The van der Waals surface area contributed by atoms with Crippen molar-refractivity contribution in [3.05, 3.63) is 52.3 Å². The Bertz CT molecular complexity index is 611. The lowest BCUT2D eigenvalue weighted by Gasteiger charge is -2.01. The van der Waals surface area contributed by atoms with Gasteiger partial charge in [-0.2, -0.15) is 0 Å². The van der Waals surface area contributed by atoms with Crippen molar-refractivity contribution in [2.45, 2.75) is 22.7 Å². The summed E-state index contributed by atoms with van der Waals surface area (Å²) in [5.41, 5.74) is 6.71. The molecule has 1 fully saturated rings. The number of nitrogens with one attached hydrogen (secondary N) is 1. The summed E-state index contributed by atoms with van der Waals surface area (Å²) in [5, 5.41) is 1.10. The lowest BCUT2D eigenvalue weighted by Crippen LogP contribution is -2.09. The number of thioether (sulfide) groups is 1. The molecule has 18 heavy (non-hydrogen) atoms. The van der Waals surface area contributed by atoms with E-state index in [1.54, 1.807) is 11.8 Å². The number of anilines is 1. The fourth-order valence-corrected chi connectivity index (χ4v) is 3.23. The Morgan fingerprint density at radius 1 is 1.33 bits per heavy atom. The maximum Gasteiger partial charge on any atom is 0.253 e. The van der Waals surface area contributed by atoms with Gasteiger partial charge in [0.1, 0.15) is 5.82 Å². The van der Waals surface area contributed by atoms with Gasteiger partial charge in [-0.1, -0.05) is 42.1 Å². The van der Waals surface area contributed by atoms with E-state index in [0.717, 1.165) is 6.42 Å². The van der Waals surface area contributed by atoms with Gasteiger partial charge in [-0.15, -0.1) is 0 Å². The molecule has 5 heteroatoms. The van der Waals surface area contributed by atoms with Crippen LogP contribution in [0.25, 0.3) is 0 Å². The van der Waals surface area contributed by atoms with E-state index in [4.69, 9.17) is 5.73 Å². The topological polar surface area (TPSA) is 71.8 Å². The van der Waals surface area contributed by atoms with Crippen molar-refractivity contribution >= 4 is 17.6 Å². The van der Waals surface area contributed by atoms with Crippen molar-refractivity contribution < 1.29 is 0 Å². The van der Waals surface area contributed by atoms with Crippen LogP contribution in [0.4, 0.5) is 5.82 Å². The zero-order chi connectivity index (χ0) is 12.5. The third-order valence-electron chi connectivity index (χ3n) is 2.96. The first-order valence-electron chi connectivity index (χ1n) is 5.81. The summed E-state index contributed by atoms with van der Waals surface area (Å²) in [6.45, 7) is 0. The highest BCUT2D eigenvalue weighted by Gasteiger charge is 2.39. The third-order valence-corrected chi connectivity index (χ3v) is 4.20. The van der Waals surface area contributed by atoms with Gasteiger partial charge in [-0.05, 0) is 17.9 Å². The molecule has 4 nitrogen and oxygen atoms in total. The SMILES string of the molecule is Nc1cc(=O)[nH]c(SC2CC2c2ccccc2)n1. The number of benzene rings is 1. The van der Waals surface area contributed by atoms with Crippen LogP contribution in [0.15, 0.2) is 46.3 Å². The van der Waals surface area contributed by atoms with Crippen LogP contribution in [0.3, 0.4) is 0 Å². The fraction of sp³-hybridized carbons (Fsp3) is 0.231. The van der Waals surface area contributed by atoms with Crippen LogP contribution in [0.5, 0.6) is 0 Å². The van der Waals surface area contributed by atoms with Crippen LogP contribution in [0.2, 0.25) is 0 Å². The summed E-state index contributed by atoms with van der Waals surface area (Å²) in [6.07, 6.45) is 1.12. The predicted molar refractivity (Wildman–Crippen MR) is 72.7 cm³/mol. The molecule has 0 radical (unpaired) electrons. The molecule has 1 saturated carbocycles. The monoisotopic (exact) mass is 259 g/mol. The summed E-state index contributed by atoms with van der Waals surface area (Å²) in [4.78, 5) is 18.1. The Morgan fingerprint density at radius 3 is 2.83 bits per heavy atom. The van der Waals surface area contributed by atoms with Gasteiger partial charge in [0.2, 0.25) is 0 Å². The van der Waals surface area contributed by atoms with Gasteiger partial charge in [0.25, 0.3) is 5.56 Å². The summed E-state index contributed by atoms with van der Waals surface area (Å²) in [5.74, 6) is 0.834. The molecular formula is C13H13N3OS. The van der Waals surface area contributed by atoms with Gasteiger partial charge < -0.3 is 10.7 Å². The van der Waals surface area contributed by atoms with E-state index in [0.29, 0.717) is 16.3 Å². The molecule has 1 aliphatic carbocycles. The summed E-state index contributed by atoms with van der Waals surface area (Å²) >= 11 is 1.59. The van der Waals surface area contributed by atoms with Crippen LogP contribution < -0.4 is 11.3 Å². The molecule has 0 bridgehead atoms. The maximum atomic E-state index is 11.3. The second-order valence-corrected chi connectivity index (χ2v) is 5.61. The molecule has 1 aliphatic rings. The van der Waals surface area contributed by atoms with Crippen LogP contribution >= 0.6 is 11.8 Å². The summed E-state index contributed by atoms with van der Waals surface area (Å²) < 4.78 is 0. The number of aromatic nitrogens is 2. The second-order valence-electron chi connectivity index (χ2n) is 4.38. The van der Waals surface area contributed by atoms with Crippen molar-refractivity contribution in [2.24, 2.45) is 0 Å². The second kappa shape index (κ2) is 4.49. The largest absolute Gasteiger partial charge is 0.383 e. The van der Waals surface area contributed by atoms with Gasteiger partial charge >= 0.3 is 0 Å². The number of aromatic amines is 1. The molecular weight excluding hydrogens is 246 g/mol. The van der Waals surface area contributed by atoms with Gasteiger partial charge in [0, 0.05) is 11.3 Å². The van der Waals surface area contributed by atoms with Crippen LogP contribution in [-0.2, 0) is 0 Å². The number of hydrogen-bond donors (Lipinski definition) is 2. The van der Waals surface area contributed by atoms with Crippen molar-refractivity contribution in [3.63, 3.8) is 0 Å². The Kier molecular flexibility index (Phi) is 2.83. The molecule has 1 aromatic heterocycles. The van der Waals surface area contributed by atoms with Crippen molar-refractivity contribution in [2.75, 3.05) is 5.73 Å². The molecule has 3 rings (SSSR count). The predicted octanol–water partition coefficient (Wildman–Crippen LogP) is 2.00. The zero-order valence-electron chi connectivity index (χ0n) is 9.67. The average Bonchev–Trinajstić information content (AvgIpc) is 3.08. The quantitative estimate of drug-likeness (QED) is 0.827. The van der Waals surface area contributed by atoms with E-state index < -0.39 is 0 Å². The van der Waals surface area contributed by atoms with E-state index in [1.165, 1.54) is 11.6 Å². The standard InChI is InChI=1S/C13H13N3OS/c14-11-7-12(17)16-13(15-11)18-10-6-9(10)8-4-2-1-3-5-8/h1-5,7,9-10H,6H2,(H3,14,15,16,17). The highest BCUT2D eigenvalue weighted by molar-refractivity contribution is 8.00. The normalized spacial score (nSPS) is 21.8. The molecule has 0 amide bonds. The number of hydrogen-bond acceptors (Lipinski definition) is 4. The summed E-state index contributed by atoms with van der Waals surface area (Å²) in [6, 6.07) is 11.7. The molecule has 1 heterocycles. The van der Waals surface area contributed by atoms with Gasteiger partial charge in [-0.25, -0.2) is 4.98 Å². The minimum absolute atomic E-state index is 0.193. The molecule has 2 atom stereocenters. The number of rotatable bonds is 3. The molecule has 92 valence electrons. The first-order valence-corrected chi connectivity index (χ1v) is 6.69. The van der Waals surface area contributed by atoms with Crippen molar-refractivity contribution in [1.29, 1.82) is 0 Å². The minimum atomic E-state index is -0.193. The Morgan fingerprint density at radius 2 is 2.11 bits per heavy atom. The van der Waals surface area contributed by atoms with E-state index in [1.807, 2.05) is 6.07 Å². The van der Waals surface area contributed by atoms with E-state index in [-0.39, 0.29) is 11.4 Å². The zero-order valence-corrected chi connectivity index (χ0v) is 10.5. The van der Waals surface area contributed by atoms with E-state index >= 15 is 0 Å². The minimum Gasteiger partial charge on any atom is -0.383 e. The molecule has 3 N–H and O–H groups in total. The highest BCUT2D eigenvalue weighted by atomic mass is 32.2. The van der Waals surface area contributed by atoms with Gasteiger partial charge in [-0.3, -0.25) is 4.79 Å². The smallest absolute Gasteiger partial charge is 0.253 e. The molecule has 1 aromatic carbocycles. The van der Waals surface area contributed by atoms with Crippen LogP contribution in [0, 0.1) is 0 Å². The van der Waals surface area contributed by atoms with E-state index in [2.05, 4.69) is 34.2 Å². The van der Waals surface area contributed by atoms with Crippen LogP contribution in [-0.4, -0.2) is 15.2 Å². The molecule has 2 unspecified atom stereocenters. The lowest BCUT2D eigenvalue weighted by molar-refractivity contribution is 0.943. The highest BCUT2D eigenvalue weighted by Crippen LogP contribution is 2.50. The molecule has 0 aliphatic heterocycles. The van der Waals surface area contributed by atoms with Crippen molar-refractivity contribution in [1.82, 2.24) is 9.97 Å². The number of H-pyrrole nitrogens is 1. The number of nitrogen functional groups attached to an aromatic ring is 1. The Hall–Kier alpha value is -1.75. The Labute approximate surface area is 109 Å². The summed E-state index contributed by atoms with van der Waals surface area (Å²) in [7, 11) is 0.